The molecule has 1 saturated heterocycles. The number of hydrogen-bond donors (Lipinski definition) is 4. The molecule has 0 bridgehead atoms. The molecule has 0 aromatic heterocycles. The molecule has 0 atom stereocenters. The van der Waals surface area contributed by atoms with Crippen molar-refractivity contribution in [3.8, 4) is 5.75 Å². The van der Waals surface area contributed by atoms with E-state index in [4.69, 9.17) is 19.8 Å². The Balaban J connectivity index is 1.58. The molecule has 10 nitrogen and oxygen atoms in total. The molecule has 0 saturated carbocycles. The minimum Gasteiger partial charge on any atom is -0.495 e. The predicted octanol–water partition coefficient (Wildman–Crippen LogP) is 6.17. The number of amides is 1. The Labute approximate surface area is 284 Å². The summed E-state index contributed by atoms with van der Waals surface area (Å²) in [7, 11) is 3.65. The maximum Gasteiger partial charge on any atom is 0.236 e. The van der Waals surface area contributed by atoms with Crippen LogP contribution < -0.4 is 20.7 Å². The van der Waals surface area contributed by atoms with Crippen LogP contribution in [0.5, 0.6) is 5.75 Å². The van der Waals surface area contributed by atoms with Crippen molar-refractivity contribution < 1.29 is 14.6 Å². The molecule has 4 rings (SSSR count). The molecule has 0 spiro atoms. The van der Waals surface area contributed by atoms with Gasteiger partial charge in [-0.05, 0) is 80.5 Å². The fourth-order valence-electron chi connectivity index (χ4n) is 5.55. The Kier molecular flexibility index (Phi) is 13.3. The molecule has 2 aliphatic rings. The normalized spacial score (nSPS) is 16.8. The van der Waals surface area contributed by atoms with E-state index in [2.05, 4.69) is 87.0 Å². The summed E-state index contributed by atoms with van der Waals surface area (Å²) in [6, 6.07) is 12.5. The number of benzene rings is 2. The number of guanidine groups is 2. The van der Waals surface area contributed by atoms with Gasteiger partial charge in [-0.3, -0.25) is 9.69 Å². The number of aliphatic hydroxyl groups is 1. The molecule has 0 aliphatic carbocycles. The van der Waals surface area contributed by atoms with Crippen molar-refractivity contribution in [1.29, 1.82) is 0 Å². The van der Waals surface area contributed by atoms with E-state index in [0.29, 0.717) is 42.7 Å². The number of ether oxygens (including phenoxy) is 1. The first kappa shape index (κ1) is 36.0. The second-order valence-corrected chi connectivity index (χ2v) is 13.8. The molecule has 2 aliphatic heterocycles. The van der Waals surface area contributed by atoms with Crippen molar-refractivity contribution in [2.45, 2.75) is 69.9 Å². The van der Waals surface area contributed by atoms with Crippen molar-refractivity contribution in [1.82, 2.24) is 15.1 Å². The molecule has 1 fully saturated rings. The van der Waals surface area contributed by atoms with Crippen LogP contribution in [-0.2, 0) is 4.79 Å². The van der Waals surface area contributed by atoms with Gasteiger partial charge in [0.25, 0.3) is 0 Å². The molecule has 47 heavy (non-hydrogen) atoms. The fraction of sp³-hybridized carbons (Fsp3) is 0.472. The monoisotopic (exact) mass is 661 g/mol. The van der Waals surface area contributed by atoms with Crippen LogP contribution in [0.1, 0.15) is 64.0 Å². The first-order chi connectivity index (χ1) is 22.6. The van der Waals surface area contributed by atoms with Gasteiger partial charge in [-0.25, -0.2) is 0 Å². The number of likely N-dealkylation sites (tertiary alicyclic amines) is 1. The van der Waals surface area contributed by atoms with E-state index in [1.165, 1.54) is 11.1 Å². The summed E-state index contributed by atoms with van der Waals surface area (Å²) in [4.78, 5) is 27.4. The number of rotatable bonds is 12. The zero-order valence-electron chi connectivity index (χ0n) is 28.9. The summed E-state index contributed by atoms with van der Waals surface area (Å²) in [6.07, 6.45) is 6.85. The first-order valence-corrected chi connectivity index (χ1v) is 17.4. The third-order valence-corrected chi connectivity index (χ3v) is 9.43. The van der Waals surface area contributed by atoms with Crippen LogP contribution in [-0.4, -0.2) is 84.9 Å². The second kappa shape index (κ2) is 17.4. The van der Waals surface area contributed by atoms with Crippen molar-refractivity contribution in [3.63, 3.8) is 0 Å². The smallest absolute Gasteiger partial charge is 0.236 e. The van der Waals surface area contributed by atoms with Crippen molar-refractivity contribution in [2.24, 2.45) is 9.98 Å². The van der Waals surface area contributed by atoms with Gasteiger partial charge in [-0.2, -0.15) is 9.98 Å². The number of hydrogen-bond acceptors (Lipinski definition) is 10. The highest BCUT2D eigenvalue weighted by atomic mass is 32.2. The van der Waals surface area contributed by atoms with Crippen molar-refractivity contribution in [2.75, 3.05) is 57.6 Å². The Morgan fingerprint density at radius 2 is 1.89 bits per heavy atom. The van der Waals surface area contributed by atoms with Crippen LogP contribution in [0.2, 0.25) is 0 Å². The molecule has 2 aromatic rings. The first-order valence-electron chi connectivity index (χ1n) is 16.5. The lowest BCUT2D eigenvalue weighted by molar-refractivity contribution is -0.131. The third kappa shape index (κ3) is 9.85. The van der Waals surface area contributed by atoms with E-state index in [-0.39, 0.29) is 19.1 Å². The maximum atomic E-state index is 12.6. The number of anilines is 2. The summed E-state index contributed by atoms with van der Waals surface area (Å²) in [6.45, 7) is 12.9. The summed E-state index contributed by atoms with van der Waals surface area (Å²) in [5.41, 5.74) is 5.42. The molecule has 0 radical (unpaired) electrons. The highest BCUT2D eigenvalue weighted by Crippen LogP contribution is 2.37. The van der Waals surface area contributed by atoms with Gasteiger partial charge >= 0.3 is 0 Å². The minimum absolute atomic E-state index is 0.0240. The SMILES string of the molecule is CCC(C)=C/C=C1/N=C(Nc2cc(C)c(C3CCN(C(=O)CNCCO)CC3)cc2OC)N=C(Nc2ccccc2SC(C)C)N1C. The molecule has 1 amide bonds. The van der Waals surface area contributed by atoms with Gasteiger partial charge < -0.3 is 30.7 Å². The summed E-state index contributed by atoms with van der Waals surface area (Å²) >= 11 is 1.81. The topological polar surface area (TPSA) is 114 Å². The number of carbonyl (C=O) groups excluding carboxylic acids is 1. The van der Waals surface area contributed by atoms with Gasteiger partial charge in [-0.1, -0.05) is 44.6 Å². The number of aryl methyl sites for hydroxylation is 1. The minimum atomic E-state index is 0.0240. The highest BCUT2D eigenvalue weighted by Gasteiger charge is 2.26. The number of nitrogens with zero attached hydrogens (tertiary/aromatic N) is 4. The number of allylic oxidation sites excluding steroid dienone is 3. The van der Waals surface area contributed by atoms with Crippen LogP contribution in [0.25, 0.3) is 0 Å². The molecular weight excluding hydrogens is 611 g/mol. The van der Waals surface area contributed by atoms with Gasteiger partial charge in [0.15, 0.2) is 0 Å². The lowest BCUT2D eigenvalue weighted by Crippen LogP contribution is -2.43. The standard InChI is InChI=1S/C36H51N7O3S/c1-8-25(4)13-14-33-40-35(41-36(42(33)6)39-29-11-9-10-12-32(29)47-24(2)3)38-30-21-26(5)28(22-31(30)46-7)27-15-18-43(19-16-27)34(45)23-37-17-20-44/h9-14,21-22,24,27,37,44H,8,15-20,23H2,1-7H3,(H2,38,39,40,41)/b25-13?,33-14-. The van der Waals surface area contributed by atoms with Crippen LogP contribution in [0.3, 0.4) is 0 Å². The molecule has 11 heteroatoms. The average molecular weight is 662 g/mol. The molecule has 0 unspecified atom stereocenters. The zero-order chi connectivity index (χ0) is 33.9. The number of carbonyl (C=O) groups is 1. The van der Waals surface area contributed by atoms with Crippen LogP contribution in [0, 0.1) is 6.92 Å². The Bertz CT molecular complexity index is 1510. The van der Waals surface area contributed by atoms with E-state index in [0.717, 1.165) is 52.7 Å². The molecular formula is C36H51N7O3S. The molecule has 4 N–H and O–H groups in total. The number of nitrogens with one attached hydrogen (secondary N) is 3. The van der Waals surface area contributed by atoms with E-state index < -0.39 is 0 Å². The fourth-order valence-corrected chi connectivity index (χ4v) is 6.46. The number of aliphatic hydroxyl groups excluding tert-OH is 1. The third-order valence-electron chi connectivity index (χ3n) is 8.35. The zero-order valence-corrected chi connectivity index (χ0v) is 29.7. The van der Waals surface area contributed by atoms with Gasteiger partial charge in [-0.15, -0.1) is 11.8 Å². The van der Waals surface area contributed by atoms with Gasteiger partial charge in [0.2, 0.25) is 17.8 Å². The summed E-state index contributed by atoms with van der Waals surface area (Å²) in [5, 5.41) is 19.4. The number of para-hydroxylation sites is 1. The number of piperidine rings is 1. The van der Waals surface area contributed by atoms with E-state index in [1.54, 1.807) is 7.11 Å². The van der Waals surface area contributed by atoms with E-state index in [1.807, 2.05) is 40.8 Å². The van der Waals surface area contributed by atoms with Crippen LogP contribution >= 0.6 is 11.8 Å². The van der Waals surface area contributed by atoms with Crippen LogP contribution in [0.15, 0.2) is 74.8 Å². The molecule has 254 valence electrons. The summed E-state index contributed by atoms with van der Waals surface area (Å²) < 4.78 is 5.89. The summed E-state index contributed by atoms with van der Waals surface area (Å²) in [5.74, 6) is 3.00. The Morgan fingerprint density at radius 3 is 2.57 bits per heavy atom. The van der Waals surface area contributed by atoms with Gasteiger partial charge in [0.1, 0.15) is 11.6 Å². The quantitative estimate of drug-likeness (QED) is 0.158. The van der Waals surface area contributed by atoms with Crippen molar-refractivity contribution >= 4 is 41.0 Å². The average Bonchev–Trinajstić information content (AvgIpc) is 3.06. The van der Waals surface area contributed by atoms with E-state index in [9.17, 15) is 4.79 Å². The number of aliphatic imine (C=N–C) groups is 2. The van der Waals surface area contributed by atoms with Gasteiger partial charge in [0.05, 0.1) is 31.6 Å². The second-order valence-electron chi connectivity index (χ2n) is 12.2. The maximum absolute atomic E-state index is 12.6. The predicted molar refractivity (Wildman–Crippen MR) is 196 cm³/mol. The lowest BCUT2D eigenvalue weighted by Gasteiger charge is -2.33. The Morgan fingerprint density at radius 1 is 1.15 bits per heavy atom. The molecule has 2 heterocycles. The van der Waals surface area contributed by atoms with Gasteiger partial charge in [0, 0.05) is 36.8 Å². The highest BCUT2D eigenvalue weighted by molar-refractivity contribution is 8.00. The van der Waals surface area contributed by atoms with E-state index >= 15 is 0 Å². The molecule has 2 aromatic carbocycles. The number of thioether (sulfide) groups is 1. The van der Waals surface area contributed by atoms with Crippen molar-refractivity contribution in [3.05, 3.63) is 71.1 Å². The largest absolute Gasteiger partial charge is 0.495 e. The Hall–Kier alpha value is -3.80. The number of methoxy groups -OCH3 is 1. The van der Waals surface area contributed by atoms with Crippen LogP contribution in [0.4, 0.5) is 11.4 Å². The lowest BCUT2D eigenvalue weighted by atomic mass is 9.86.